The van der Waals surface area contributed by atoms with Gasteiger partial charge in [0.15, 0.2) is 0 Å². The van der Waals surface area contributed by atoms with Gasteiger partial charge in [-0.3, -0.25) is 0 Å². The summed E-state index contributed by atoms with van der Waals surface area (Å²) in [4.78, 5) is 4.57. The molecular formula is C19H25N5S. The highest BCUT2D eigenvalue weighted by atomic mass is 32.1. The molecule has 0 bridgehead atoms. The lowest BCUT2D eigenvalue weighted by Gasteiger charge is -2.15. The number of aryl methyl sites for hydroxylation is 2. The molecular weight excluding hydrogens is 330 g/mol. The molecule has 0 aromatic carbocycles. The Morgan fingerprint density at radius 2 is 2.08 bits per heavy atom. The second kappa shape index (κ2) is 6.98. The molecule has 0 aliphatic carbocycles. The van der Waals surface area contributed by atoms with Gasteiger partial charge in [-0.15, -0.1) is 11.3 Å². The third-order valence-corrected chi connectivity index (χ3v) is 5.32. The van der Waals surface area contributed by atoms with Gasteiger partial charge in [-0.25, -0.2) is 9.67 Å². The number of hydrogen-bond donors (Lipinski definition) is 1. The quantitative estimate of drug-likeness (QED) is 0.748. The summed E-state index contributed by atoms with van der Waals surface area (Å²) in [6.07, 6.45) is 4.01. The molecule has 0 spiro atoms. The zero-order valence-electron chi connectivity index (χ0n) is 15.4. The van der Waals surface area contributed by atoms with Gasteiger partial charge < -0.3 is 10.3 Å². The molecule has 0 aliphatic heterocycles. The first-order valence-corrected chi connectivity index (χ1v) is 9.36. The Kier molecular flexibility index (Phi) is 4.92. The Morgan fingerprint density at radius 3 is 2.68 bits per heavy atom. The van der Waals surface area contributed by atoms with E-state index in [4.69, 9.17) is 5.73 Å². The summed E-state index contributed by atoms with van der Waals surface area (Å²) in [5.41, 5.74) is 11.6. The molecule has 0 aliphatic rings. The van der Waals surface area contributed by atoms with Gasteiger partial charge in [-0.1, -0.05) is 0 Å². The third kappa shape index (κ3) is 3.32. The zero-order chi connectivity index (χ0) is 18.1. The molecule has 0 radical (unpaired) electrons. The standard InChI is InChI=1S/C19H25N5S/c1-12(2)24-18(6-7-21-24)23-14(4)8-16(15(23)5)9-17(10-20)19-22-13(3)11-25-19/h6-9,11-12H,10,20H2,1-5H3/b17-9-. The predicted octanol–water partition coefficient (Wildman–Crippen LogP) is 4.14. The molecule has 2 N–H and O–H groups in total. The number of aromatic nitrogens is 4. The summed E-state index contributed by atoms with van der Waals surface area (Å²) in [5, 5.41) is 7.52. The molecule has 0 fully saturated rings. The van der Waals surface area contributed by atoms with Crippen molar-refractivity contribution in [1.29, 1.82) is 0 Å². The zero-order valence-corrected chi connectivity index (χ0v) is 16.3. The summed E-state index contributed by atoms with van der Waals surface area (Å²) < 4.78 is 4.29. The lowest BCUT2D eigenvalue weighted by molar-refractivity contribution is 0.519. The van der Waals surface area contributed by atoms with Crippen LogP contribution in [0.5, 0.6) is 0 Å². The molecule has 6 heteroatoms. The van der Waals surface area contributed by atoms with Crippen LogP contribution < -0.4 is 5.73 Å². The largest absolute Gasteiger partial charge is 0.326 e. The van der Waals surface area contributed by atoms with E-state index in [1.165, 1.54) is 17.0 Å². The Hall–Kier alpha value is -2.18. The van der Waals surface area contributed by atoms with Gasteiger partial charge in [0, 0.05) is 46.7 Å². The molecule has 0 amide bonds. The van der Waals surface area contributed by atoms with Crippen molar-refractivity contribution in [2.24, 2.45) is 5.73 Å². The highest BCUT2D eigenvalue weighted by molar-refractivity contribution is 7.10. The van der Waals surface area contributed by atoms with Gasteiger partial charge in [0.05, 0.1) is 6.20 Å². The van der Waals surface area contributed by atoms with Crippen molar-refractivity contribution in [2.75, 3.05) is 6.54 Å². The summed E-state index contributed by atoms with van der Waals surface area (Å²) in [6.45, 7) is 11.0. The van der Waals surface area contributed by atoms with Crippen molar-refractivity contribution in [1.82, 2.24) is 19.3 Å². The van der Waals surface area contributed by atoms with Crippen LogP contribution in [0.15, 0.2) is 23.7 Å². The minimum Gasteiger partial charge on any atom is -0.326 e. The van der Waals surface area contributed by atoms with E-state index < -0.39 is 0 Å². The van der Waals surface area contributed by atoms with Gasteiger partial charge in [0.2, 0.25) is 0 Å². The fourth-order valence-electron chi connectivity index (χ4n) is 3.07. The van der Waals surface area contributed by atoms with E-state index in [1.807, 2.05) is 17.8 Å². The van der Waals surface area contributed by atoms with Crippen LogP contribution >= 0.6 is 11.3 Å². The molecule has 0 saturated carbocycles. The predicted molar refractivity (Wildman–Crippen MR) is 105 cm³/mol. The van der Waals surface area contributed by atoms with Crippen LogP contribution in [0, 0.1) is 20.8 Å². The highest BCUT2D eigenvalue weighted by Crippen LogP contribution is 2.27. The molecule has 3 heterocycles. The van der Waals surface area contributed by atoms with Crippen molar-refractivity contribution in [3.8, 4) is 5.82 Å². The molecule has 0 saturated heterocycles. The molecule has 3 aromatic heterocycles. The van der Waals surface area contributed by atoms with Crippen molar-refractivity contribution < 1.29 is 0 Å². The van der Waals surface area contributed by atoms with Gasteiger partial charge >= 0.3 is 0 Å². The smallest absolute Gasteiger partial charge is 0.135 e. The van der Waals surface area contributed by atoms with Gasteiger partial charge in [0.25, 0.3) is 0 Å². The SMILES string of the molecule is Cc1csc(/C(=C\c2cc(C)n(-c3ccnn3C(C)C)c2C)CN)n1. The highest BCUT2D eigenvalue weighted by Gasteiger charge is 2.15. The average molecular weight is 356 g/mol. The van der Waals surface area contributed by atoms with Crippen LogP contribution in [0.3, 0.4) is 0 Å². The Balaban J connectivity index is 2.08. The van der Waals surface area contributed by atoms with Crippen molar-refractivity contribution in [3.05, 3.63) is 51.4 Å². The van der Waals surface area contributed by atoms with E-state index in [0.717, 1.165) is 22.1 Å². The first kappa shape index (κ1) is 17.6. The van der Waals surface area contributed by atoms with Crippen LogP contribution in [0.25, 0.3) is 17.5 Å². The minimum absolute atomic E-state index is 0.308. The maximum atomic E-state index is 5.99. The topological polar surface area (TPSA) is 61.7 Å². The maximum absolute atomic E-state index is 5.99. The summed E-state index contributed by atoms with van der Waals surface area (Å²) in [6, 6.07) is 4.56. The van der Waals surface area contributed by atoms with Gasteiger partial charge in [0.1, 0.15) is 10.8 Å². The Bertz CT molecular complexity index is 910. The number of nitrogens with two attached hydrogens (primary N) is 1. The van der Waals surface area contributed by atoms with E-state index in [1.54, 1.807) is 11.3 Å². The second-order valence-electron chi connectivity index (χ2n) is 6.56. The first-order chi connectivity index (χ1) is 11.9. The molecule has 5 nitrogen and oxygen atoms in total. The summed E-state index contributed by atoms with van der Waals surface area (Å²) in [5.74, 6) is 1.09. The van der Waals surface area contributed by atoms with E-state index >= 15 is 0 Å². The number of nitrogens with zero attached hydrogens (tertiary/aromatic N) is 4. The van der Waals surface area contributed by atoms with E-state index in [2.05, 4.69) is 65.9 Å². The van der Waals surface area contributed by atoms with Crippen LogP contribution in [-0.4, -0.2) is 25.9 Å². The monoisotopic (exact) mass is 355 g/mol. The molecule has 0 atom stereocenters. The minimum atomic E-state index is 0.308. The molecule has 132 valence electrons. The molecule has 25 heavy (non-hydrogen) atoms. The van der Waals surface area contributed by atoms with Crippen LogP contribution in [0.4, 0.5) is 0 Å². The average Bonchev–Trinajstić information content (AvgIpc) is 3.25. The fourth-order valence-corrected chi connectivity index (χ4v) is 3.89. The first-order valence-electron chi connectivity index (χ1n) is 8.48. The third-order valence-electron chi connectivity index (χ3n) is 4.28. The molecule has 3 aromatic rings. The van der Waals surface area contributed by atoms with Crippen molar-refractivity contribution in [2.45, 2.75) is 40.7 Å². The normalized spacial score (nSPS) is 12.4. The second-order valence-corrected chi connectivity index (χ2v) is 7.42. The van der Waals surface area contributed by atoms with Crippen LogP contribution in [-0.2, 0) is 0 Å². The number of hydrogen-bond acceptors (Lipinski definition) is 4. The lowest BCUT2D eigenvalue weighted by atomic mass is 10.1. The lowest BCUT2D eigenvalue weighted by Crippen LogP contribution is -2.11. The van der Waals surface area contributed by atoms with Crippen LogP contribution in [0.2, 0.25) is 0 Å². The fraction of sp³-hybridized carbons (Fsp3) is 0.368. The van der Waals surface area contributed by atoms with E-state index in [9.17, 15) is 0 Å². The number of rotatable bonds is 5. The molecule has 0 unspecified atom stereocenters. The summed E-state index contributed by atoms with van der Waals surface area (Å²) in [7, 11) is 0. The van der Waals surface area contributed by atoms with Crippen LogP contribution in [0.1, 0.15) is 47.5 Å². The Morgan fingerprint density at radius 1 is 1.32 bits per heavy atom. The van der Waals surface area contributed by atoms with Gasteiger partial charge in [-0.05, 0) is 52.3 Å². The Labute approximate surface area is 152 Å². The number of thiazole rings is 1. The molecule has 3 rings (SSSR count). The van der Waals surface area contributed by atoms with Crippen molar-refractivity contribution in [3.63, 3.8) is 0 Å². The van der Waals surface area contributed by atoms with Crippen molar-refractivity contribution >= 4 is 23.0 Å². The summed E-state index contributed by atoms with van der Waals surface area (Å²) >= 11 is 1.64. The van der Waals surface area contributed by atoms with E-state index in [-0.39, 0.29) is 0 Å². The van der Waals surface area contributed by atoms with Gasteiger partial charge in [-0.2, -0.15) is 5.10 Å². The maximum Gasteiger partial charge on any atom is 0.135 e. The van der Waals surface area contributed by atoms with E-state index in [0.29, 0.717) is 12.6 Å².